The van der Waals surface area contributed by atoms with Crippen molar-refractivity contribution < 1.29 is 4.79 Å². The molecule has 0 aromatic carbocycles. The van der Waals surface area contributed by atoms with E-state index in [1.54, 1.807) is 11.3 Å². The average molecular weight is 266 g/mol. The van der Waals surface area contributed by atoms with E-state index in [-0.39, 0.29) is 11.9 Å². The van der Waals surface area contributed by atoms with Crippen molar-refractivity contribution in [2.24, 2.45) is 0 Å². The first-order valence-corrected chi connectivity index (χ1v) is 7.09. The Morgan fingerprint density at radius 3 is 2.82 bits per heavy atom. The molecule has 0 aliphatic heterocycles. The number of nitrogens with one attached hydrogen (secondary N) is 1. The van der Waals surface area contributed by atoms with Crippen molar-refractivity contribution >= 4 is 28.6 Å². The molecular weight excluding hydrogens is 252 g/mol. The largest absolute Gasteiger partial charge is 0.349 e. The Balaban J connectivity index is 2.28. The molecule has 17 heavy (non-hydrogen) atoms. The number of carbonyl (C=O) groups is 1. The minimum absolute atomic E-state index is 0.0298. The van der Waals surface area contributed by atoms with E-state index in [4.69, 9.17) is 0 Å². The topological polar surface area (TPSA) is 42.0 Å². The van der Waals surface area contributed by atoms with Crippen LogP contribution >= 0.6 is 22.7 Å². The highest BCUT2D eigenvalue weighted by atomic mass is 32.1. The second-order valence-electron chi connectivity index (χ2n) is 4.04. The van der Waals surface area contributed by atoms with E-state index in [0.29, 0.717) is 4.88 Å². The zero-order valence-electron chi connectivity index (χ0n) is 9.98. The van der Waals surface area contributed by atoms with Gasteiger partial charge in [0.15, 0.2) is 0 Å². The van der Waals surface area contributed by atoms with Gasteiger partial charge in [0.05, 0.1) is 10.6 Å². The Kier molecular flexibility index (Phi) is 3.59. The molecule has 1 amide bonds. The fourth-order valence-electron chi connectivity index (χ4n) is 1.44. The molecule has 0 spiro atoms. The van der Waals surface area contributed by atoms with Crippen LogP contribution in [0.4, 0.5) is 0 Å². The highest BCUT2D eigenvalue weighted by molar-refractivity contribution is 7.22. The third kappa shape index (κ3) is 2.73. The molecule has 2 rings (SSSR count). The molecule has 90 valence electrons. The molecule has 0 aliphatic carbocycles. The van der Waals surface area contributed by atoms with Crippen LogP contribution in [0.2, 0.25) is 0 Å². The number of aromatic nitrogens is 1. The summed E-state index contributed by atoms with van der Waals surface area (Å²) in [5.41, 5.74) is 0.802. The molecule has 0 saturated carbocycles. The lowest BCUT2D eigenvalue weighted by molar-refractivity contribution is 0.0946. The molecule has 0 bridgehead atoms. The predicted molar refractivity (Wildman–Crippen MR) is 72.8 cm³/mol. The standard InChI is InChI=1S/C12H14N2OS2/c1-7(2)13-11(15)10-8(3)14-12(17-10)9-5-4-6-16-9/h4-7H,1-3H3,(H,13,15). The number of nitrogens with zero attached hydrogens (tertiary/aromatic N) is 1. The molecule has 2 aromatic rings. The number of thiazole rings is 1. The quantitative estimate of drug-likeness (QED) is 0.926. The van der Waals surface area contributed by atoms with Gasteiger partial charge in [-0.05, 0) is 32.2 Å². The van der Waals surface area contributed by atoms with Crippen molar-refractivity contribution in [1.29, 1.82) is 0 Å². The van der Waals surface area contributed by atoms with Crippen LogP contribution in [0.25, 0.3) is 9.88 Å². The second kappa shape index (κ2) is 4.98. The molecular formula is C12H14N2OS2. The van der Waals surface area contributed by atoms with Gasteiger partial charge in [0.25, 0.3) is 5.91 Å². The molecule has 0 radical (unpaired) electrons. The molecule has 5 heteroatoms. The first-order valence-electron chi connectivity index (χ1n) is 5.40. The minimum Gasteiger partial charge on any atom is -0.349 e. The molecule has 0 saturated heterocycles. The molecule has 0 unspecified atom stereocenters. The van der Waals surface area contributed by atoms with E-state index in [0.717, 1.165) is 15.6 Å². The van der Waals surface area contributed by atoms with Crippen LogP contribution in [0, 0.1) is 6.92 Å². The molecule has 2 heterocycles. The van der Waals surface area contributed by atoms with Crippen LogP contribution in [0.3, 0.4) is 0 Å². The summed E-state index contributed by atoms with van der Waals surface area (Å²) in [4.78, 5) is 18.2. The van der Waals surface area contributed by atoms with Gasteiger partial charge < -0.3 is 5.32 Å². The first kappa shape index (κ1) is 12.3. The molecule has 3 nitrogen and oxygen atoms in total. The van der Waals surface area contributed by atoms with Crippen molar-refractivity contribution in [3.8, 4) is 9.88 Å². The van der Waals surface area contributed by atoms with Gasteiger partial charge in [0, 0.05) is 6.04 Å². The van der Waals surface area contributed by atoms with Crippen LogP contribution in [-0.4, -0.2) is 16.9 Å². The summed E-state index contributed by atoms with van der Waals surface area (Å²) in [7, 11) is 0. The lowest BCUT2D eigenvalue weighted by Crippen LogP contribution is -2.29. The van der Waals surface area contributed by atoms with Gasteiger partial charge in [0.2, 0.25) is 0 Å². The van der Waals surface area contributed by atoms with E-state index >= 15 is 0 Å². The number of carbonyl (C=O) groups excluding carboxylic acids is 1. The highest BCUT2D eigenvalue weighted by Crippen LogP contribution is 2.30. The molecule has 0 atom stereocenters. The summed E-state index contributed by atoms with van der Waals surface area (Å²) in [6.45, 7) is 5.78. The van der Waals surface area contributed by atoms with Crippen LogP contribution in [0.1, 0.15) is 29.2 Å². The van der Waals surface area contributed by atoms with E-state index in [9.17, 15) is 4.79 Å². The number of hydrogen-bond acceptors (Lipinski definition) is 4. The summed E-state index contributed by atoms with van der Waals surface area (Å²) >= 11 is 3.09. The van der Waals surface area contributed by atoms with Crippen molar-refractivity contribution in [2.75, 3.05) is 0 Å². The Labute approximate surface area is 109 Å². The third-order valence-corrected chi connectivity index (χ3v) is 4.35. The van der Waals surface area contributed by atoms with Crippen molar-refractivity contribution in [3.63, 3.8) is 0 Å². The summed E-state index contributed by atoms with van der Waals surface area (Å²) in [5, 5.41) is 5.83. The van der Waals surface area contributed by atoms with Gasteiger partial charge in [-0.3, -0.25) is 4.79 Å². The molecule has 2 aromatic heterocycles. The van der Waals surface area contributed by atoms with E-state index in [1.807, 2.05) is 38.3 Å². The first-order chi connectivity index (χ1) is 8.08. The lowest BCUT2D eigenvalue weighted by Gasteiger charge is -2.06. The SMILES string of the molecule is Cc1nc(-c2cccs2)sc1C(=O)NC(C)C. The Bertz CT molecular complexity index is 515. The fourth-order valence-corrected chi connectivity index (χ4v) is 3.21. The maximum Gasteiger partial charge on any atom is 0.263 e. The minimum atomic E-state index is -0.0298. The van der Waals surface area contributed by atoms with Gasteiger partial charge >= 0.3 is 0 Å². The summed E-state index contributed by atoms with van der Waals surface area (Å²) < 4.78 is 0. The van der Waals surface area contributed by atoms with Crippen LogP contribution in [0.15, 0.2) is 17.5 Å². The highest BCUT2D eigenvalue weighted by Gasteiger charge is 2.16. The number of thiophene rings is 1. The van der Waals surface area contributed by atoms with Crippen molar-refractivity contribution in [1.82, 2.24) is 10.3 Å². The molecule has 0 fully saturated rings. The van der Waals surface area contributed by atoms with Crippen molar-refractivity contribution in [3.05, 3.63) is 28.1 Å². The van der Waals surface area contributed by atoms with E-state index in [1.165, 1.54) is 11.3 Å². The van der Waals surface area contributed by atoms with Crippen LogP contribution in [-0.2, 0) is 0 Å². The van der Waals surface area contributed by atoms with E-state index in [2.05, 4.69) is 10.3 Å². The van der Waals surface area contributed by atoms with Crippen molar-refractivity contribution in [2.45, 2.75) is 26.8 Å². The second-order valence-corrected chi connectivity index (χ2v) is 5.99. The van der Waals surface area contributed by atoms with Gasteiger partial charge in [-0.1, -0.05) is 6.07 Å². The number of amides is 1. The number of rotatable bonds is 3. The third-order valence-electron chi connectivity index (χ3n) is 2.15. The average Bonchev–Trinajstić information content (AvgIpc) is 2.84. The maximum absolute atomic E-state index is 11.9. The smallest absolute Gasteiger partial charge is 0.263 e. The summed E-state index contributed by atoms with van der Waals surface area (Å²) in [6.07, 6.45) is 0. The Morgan fingerprint density at radius 2 is 2.24 bits per heavy atom. The Hall–Kier alpha value is -1.20. The normalized spacial score (nSPS) is 10.8. The number of hydrogen-bond donors (Lipinski definition) is 1. The van der Waals surface area contributed by atoms with Gasteiger partial charge in [0.1, 0.15) is 9.88 Å². The van der Waals surface area contributed by atoms with Gasteiger partial charge in [-0.15, -0.1) is 22.7 Å². The monoisotopic (exact) mass is 266 g/mol. The summed E-state index contributed by atoms with van der Waals surface area (Å²) in [6, 6.07) is 4.16. The zero-order chi connectivity index (χ0) is 12.4. The molecule has 0 aliphatic rings. The zero-order valence-corrected chi connectivity index (χ0v) is 11.6. The Morgan fingerprint density at radius 1 is 1.47 bits per heavy atom. The fraction of sp³-hybridized carbons (Fsp3) is 0.333. The molecule has 1 N–H and O–H groups in total. The van der Waals surface area contributed by atoms with Gasteiger partial charge in [-0.25, -0.2) is 4.98 Å². The maximum atomic E-state index is 11.9. The van der Waals surface area contributed by atoms with E-state index < -0.39 is 0 Å². The van der Waals surface area contributed by atoms with Crippen LogP contribution in [0.5, 0.6) is 0 Å². The number of aryl methyl sites for hydroxylation is 1. The van der Waals surface area contributed by atoms with Crippen LogP contribution < -0.4 is 5.32 Å². The van der Waals surface area contributed by atoms with Gasteiger partial charge in [-0.2, -0.15) is 0 Å². The summed E-state index contributed by atoms with van der Waals surface area (Å²) in [5.74, 6) is -0.0298. The lowest BCUT2D eigenvalue weighted by atomic mass is 10.3. The predicted octanol–water partition coefficient (Wildman–Crippen LogP) is 3.32.